The summed E-state index contributed by atoms with van der Waals surface area (Å²) in [6.07, 6.45) is -4.51. The van der Waals surface area contributed by atoms with E-state index in [0.717, 1.165) is 18.5 Å². The summed E-state index contributed by atoms with van der Waals surface area (Å²) in [5.41, 5.74) is 2.27. The highest BCUT2D eigenvalue weighted by Gasteiger charge is 2.28. The van der Waals surface area contributed by atoms with Crippen LogP contribution in [0.25, 0.3) is 0 Å². The van der Waals surface area contributed by atoms with Crippen LogP contribution in [0.3, 0.4) is 0 Å². The van der Waals surface area contributed by atoms with E-state index in [0.29, 0.717) is 0 Å². The van der Waals surface area contributed by atoms with E-state index in [1.165, 1.54) is 29.8 Å². The van der Waals surface area contributed by atoms with E-state index in [1.54, 1.807) is 0 Å². The predicted molar refractivity (Wildman–Crippen MR) is 99.5 cm³/mol. The van der Waals surface area contributed by atoms with Crippen molar-refractivity contribution < 1.29 is 21.6 Å². The standard InChI is InChI=1S/C18H19F3N2O2S.ClH/c19-18(20,21)11-13-5-7-15(8-6-13)26(24,25)23-12-17-16-4-2-1-3-14(16)9-10-22-17;/h1-8,17,22-23H,9-12H2;1H. The Balaban J connectivity index is 0.00000261. The third kappa shape index (κ3) is 5.68. The average molecular weight is 421 g/mol. The molecule has 1 aliphatic heterocycles. The van der Waals surface area contributed by atoms with E-state index in [9.17, 15) is 21.6 Å². The van der Waals surface area contributed by atoms with Crippen LogP contribution < -0.4 is 10.0 Å². The summed E-state index contributed by atoms with van der Waals surface area (Å²) in [6.45, 7) is 0.930. The maximum Gasteiger partial charge on any atom is 0.393 e. The van der Waals surface area contributed by atoms with Crippen LogP contribution in [0.5, 0.6) is 0 Å². The van der Waals surface area contributed by atoms with Gasteiger partial charge in [0.15, 0.2) is 0 Å². The van der Waals surface area contributed by atoms with E-state index >= 15 is 0 Å². The van der Waals surface area contributed by atoms with E-state index in [2.05, 4.69) is 10.0 Å². The first-order valence-electron chi connectivity index (χ1n) is 8.21. The van der Waals surface area contributed by atoms with Crippen molar-refractivity contribution in [2.45, 2.75) is 30.0 Å². The van der Waals surface area contributed by atoms with Crippen molar-refractivity contribution in [2.24, 2.45) is 0 Å². The molecule has 3 rings (SSSR count). The maximum atomic E-state index is 12.4. The van der Waals surface area contributed by atoms with E-state index in [4.69, 9.17) is 0 Å². The minimum atomic E-state index is -4.32. The average Bonchev–Trinajstić information content (AvgIpc) is 2.59. The summed E-state index contributed by atoms with van der Waals surface area (Å²) >= 11 is 0. The van der Waals surface area contributed by atoms with Gasteiger partial charge in [0, 0.05) is 12.6 Å². The zero-order valence-corrected chi connectivity index (χ0v) is 15.9. The van der Waals surface area contributed by atoms with Crippen molar-refractivity contribution in [1.82, 2.24) is 10.0 Å². The lowest BCUT2D eigenvalue weighted by molar-refractivity contribution is -0.127. The second-order valence-corrected chi connectivity index (χ2v) is 8.01. The summed E-state index contributed by atoms with van der Waals surface area (Å²) in [4.78, 5) is -0.0486. The molecule has 0 aliphatic carbocycles. The SMILES string of the molecule is Cl.O=S(=O)(NCC1NCCc2ccccc21)c1ccc(CC(F)(F)F)cc1. The smallest absolute Gasteiger partial charge is 0.308 e. The topological polar surface area (TPSA) is 58.2 Å². The largest absolute Gasteiger partial charge is 0.393 e. The molecule has 0 spiro atoms. The number of fused-ring (bicyclic) bond motifs is 1. The summed E-state index contributed by atoms with van der Waals surface area (Å²) in [7, 11) is -3.79. The van der Waals surface area contributed by atoms with Crippen molar-refractivity contribution in [2.75, 3.05) is 13.1 Å². The first-order valence-corrected chi connectivity index (χ1v) is 9.69. The molecular formula is C18H20ClF3N2O2S. The van der Waals surface area contributed by atoms with Gasteiger partial charge >= 0.3 is 6.18 Å². The first-order chi connectivity index (χ1) is 12.2. The van der Waals surface area contributed by atoms with Crippen molar-refractivity contribution in [3.05, 3.63) is 65.2 Å². The number of sulfonamides is 1. The van der Waals surface area contributed by atoms with Crippen molar-refractivity contribution in [3.63, 3.8) is 0 Å². The normalized spacial score (nSPS) is 17.1. The Morgan fingerprint density at radius 1 is 1.07 bits per heavy atom. The Bertz CT molecular complexity index is 871. The molecule has 1 unspecified atom stereocenters. The first kappa shape index (κ1) is 21.7. The summed E-state index contributed by atoms with van der Waals surface area (Å²) in [6, 6.07) is 12.5. The third-order valence-electron chi connectivity index (χ3n) is 4.33. The molecule has 2 N–H and O–H groups in total. The van der Waals surface area contributed by atoms with Gasteiger partial charge in [0.1, 0.15) is 0 Å². The minimum Gasteiger partial charge on any atom is -0.308 e. The van der Waals surface area contributed by atoms with Crippen molar-refractivity contribution >= 4 is 22.4 Å². The summed E-state index contributed by atoms with van der Waals surface area (Å²) in [5, 5.41) is 3.28. The number of benzene rings is 2. The number of halogens is 4. The van der Waals surface area contributed by atoms with Gasteiger partial charge in [-0.3, -0.25) is 0 Å². The molecule has 2 aromatic rings. The number of hydrogen-bond acceptors (Lipinski definition) is 3. The van der Waals surface area contributed by atoms with Crippen molar-refractivity contribution in [1.29, 1.82) is 0 Å². The second kappa shape index (κ2) is 8.60. The van der Waals surface area contributed by atoms with Crippen LogP contribution in [-0.4, -0.2) is 27.7 Å². The van der Waals surface area contributed by atoms with Crippen LogP contribution in [0.1, 0.15) is 22.7 Å². The number of hydrogen-bond donors (Lipinski definition) is 2. The lowest BCUT2D eigenvalue weighted by Gasteiger charge is -2.27. The highest BCUT2D eigenvalue weighted by molar-refractivity contribution is 7.89. The van der Waals surface area contributed by atoms with E-state index in [-0.39, 0.29) is 35.5 Å². The van der Waals surface area contributed by atoms with Crippen LogP contribution in [0, 0.1) is 0 Å². The molecule has 4 nitrogen and oxygen atoms in total. The van der Waals surface area contributed by atoms with E-state index in [1.807, 2.05) is 24.3 Å². The Morgan fingerprint density at radius 3 is 2.41 bits per heavy atom. The number of alkyl halides is 3. The van der Waals surface area contributed by atoms with Gasteiger partial charge in [0.05, 0.1) is 11.3 Å². The van der Waals surface area contributed by atoms with Gasteiger partial charge in [0.2, 0.25) is 10.0 Å². The van der Waals surface area contributed by atoms with E-state index < -0.39 is 22.6 Å². The van der Waals surface area contributed by atoms with Crippen molar-refractivity contribution in [3.8, 4) is 0 Å². The maximum absolute atomic E-state index is 12.4. The third-order valence-corrected chi connectivity index (χ3v) is 5.77. The molecule has 1 aliphatic rings. The summed E-state index contributed by atoms with van der Waals surface area (Å²) in [5.74, 6) is 0. The number of nitrogens with one attached hydrogen (secondary N) is 2. The molecule has 0 fully saturated rings. The molecule has 1 atom stereocenters. The molecule has 0 saturated carbocycles. The monoisotopic (exact) mass is 420 g/mol. The molecule has 0 saturated heterocycles. The fourth-order valence-electron chi connectivity index (χ4n) is 3.07. The highest BCUT2D eigenvalue weighted by Crippen LogP contribution is 2.24. The number of rotatable bonds is 5. The second-order valence-electron chi connectivity index (χ2n) is 6.24. The van der Waals surface area contributed by atoms with Gasteiger partial charge in [-0.1, -0.05) is 36.4 Å². The van der Waals surface area contributed by atoms with Crippen LogP contribution in [0.15, 0.2) is 53.4 Å². The molecule has 148 valence electrons. The summed E-state index contributed by atoms with van der Waals surface area (Å²) < 4.78 is 64.5. The molecule has 0 radical (unpaired) electrons. The van der Waals surface area contributed by atoms with Crippen LogP contribution in [0.4, 0.5) is 13.2 Å². The molecule has 0 amide bonds. The van der Waals surface area contributed by atoms with Gasteiger partial charge in [-0.15, -0.1) is 12.4 Å². The minimum absolute atomic E-state index is 0. The van der Waals surface area contributed by atoms with Gasteiger partial charge in [-0.25, -0.2) is 13.1 Å². The Morgan fingerprint density at radius 2 is 1.74 bits per heavy atom. The fraction of sp³-hybridized carbons (Fsp3) is 0.333. The van der Waals surface area contributed by atoms with Crippen LogP contribution in [0.2, 0.25) is 0 Å². The molecule has 2 aromatic carbocycles. The Kier molecular flexibility index (Phi) is 6.91. The van der Waals surface area contributed by atoms with Gasteiger partial charge in [0.25, 0.3) is 0 Å². The molecule has 0 aromatic heterocycles. The van der Waals surface area contributed by atoms with Gasteiger partial charge < -0.3 is 5.32 Å². The molecule has 27 heavy (non-hydrogen) atoms. The lowest BCUT2D eigenvalue weighted by atomic mass is 9.95. The molecule has 1 heterocycles. The lowest BCUT2D eigenvalue weighted by Crippen LogP contribution is -2.38. The van der Waals surface area contributed by atoms with Crippen LogP contribution in [-0.2, 0) is 22.9 Å². The molecular weight excluding hydrogens is 401 g/mol. The fourth-order valence-corrected chi connectivity index (χ4v) is 4.12. The highest BCUT2D eigenvalue weighted by atomic mass is 35.5. The van der Waals surface area contributed by atoms with Crippen LogP contribution >= 0.6 is 12.4 Å². The predicted octanol–water partition coefficient (Wildman–Crippen LogP) is 3.38. The zero-order valence-electron chi connectivity index (χ0n) is 14.3. The van der Waals surface area contributed by atoms with Gasteiger partial charge in [-0.2, -0.15) is 13.2 Å². The Labute approximate surface area is 162 Å². The Hall–Kier alpha value is -1.61. The molecule has 0 bridgehead atoms. The zero-order chi connectivity index (χ0) is 18.8. The quantitative estimate of drug-likeness (QED) is 0.779. The van der Waals surface area contributed by atoms with Gasteiger partial charge in [-0.05, 0) is 41.8 Å². The molecule has 9 heteroatoms.